The minimum absolute atomic E-state index is 0.0931. The van der Waals surface area contributed by atoms with Gasteiger partial charge in [0.1, 0.15) is 6.33 Å². The van der Waals surface area contributed by atoms with Crippen LogP contribution in [-0.4, -0.2) is 43.2 Å². The van der Waals surface area contributed by atoms with Crippen molar-refractivity contribution in [3.05, 3.63) is 36.7 Å². The van der Waals surface area contributed by atoms with Gasteiger partial charge in [-0.2, -0.15) is 0 Å². The Hall–Kier alpha value is -1.69. The van der Waals surface area contributed by atoms with Crippen molar-refractivity contribution in [2.24, 2.45) is 34.5 Å². The monoisotopic (exact) mass is 422 g/mol. The third kappa shape index (κ3) is 2.57. The molecule has 0 saturated heterocycles. The summed E-state index contributed by atoms with van der Waals surface area (Å²) >= 11 is 0. The van der Waals surface area contributed by atoms with E-state index in [-0.39, 0.29) is 29.5 Å². The first-order chi connectivity index (χ1) is 14.8. The Bertz CT molecular complexity index is 1050. The van der Waals surface area contributed by atoms with E-state index in [9.17, 15) is 15.3 Å². The van der Waals surface area contributed by atoms with Gasteiger partial charge in [0.15, 0.2) is 0 Å². The molecule has 0 aliphatic heterocycles. The first kappa shape index (κ1) is 20.0. The SMILES string of the molecule is C[C@@]12C(n3cnc4ccccc43)=CCC1C1C(O)C[C@@H]3C[C@@H](O)CC[C@]3(C)C1CC2O. The molecule has 5 nitrogen and oxygen atoms in total. The maximum absolute atomic E-state index is 11.7. The predicted molar refractivity (Wildman–Crippen MR) is 120 cm³/mol. The average molecular weight is 423 g/mol. The van der Waals surface area contributed by atoms with Gasteiger partial charge in [0.05, 0.1) is 29.3 Å². The molecule has 0 spiro atoms. The summed E-state index contributed by atoms with van der Waals surface area (Å²) in [5.74, 6) is 1.05. The summed E-state index contributed by atoms with van der Waals surface area (Å²) in [4.78, 5) is 4.59. The van der Waals surface area contributed by atoms with Crippen LogP contribution < -0.4 is 0 Å². The van der Waals surface area contributed by atoms with Crippen LogP contribution in [0, 0.1) is 34.5 Å². The molecule has 0 radical (unpaired) electrons. The van der Waals surface area contributed by atoms with Gasteiger partial charge in [-0.15, -0.1) is 0 Å². The quantitative estimate of drug-likeness (QED) is 0.653. The average Bonchev–Trinajstić information content (AvgIpc) is 3.32. The van der Waals surface area contributed by atoms with Crippen molar-refractivity contribution in [3.63, 3.8) is 0 Å². The number of rotatable bonds is 1. The van der Waals surface area contributed by atoms with Crippen molar-refractivity contribution in [1.29, 1.82) is 0 Å². The molecule has 4 aliphatic rings. The number of hydrogen-bond donors (Lipinski definition) is 3. The number of para-hydroxylation sites is 2. The standard InChI is InChI=1S/C26H34N2O3/c1-25-10-9-16(29)11-15(25)12-21(30)24-17-7-8-22(26(17,2)23(31)13-18(24)25)28-14-27-19-5-3-4-6-20(19)28/h3-6,8,14-18,21,23-24,29-31H,7,9-13H2,1-2H3/t15-,16-,17?,18?,21?,23?,24?,25-,26-/m0/s1. The largest absolute Gasteiger partial charge is 0.393 e. The molecule has 2 aromatic rings. The zero-order chi connectivity index (χ0) is 21.5. The van der Waals surface area contributed by atoms with Crippen LogP contribution >= 0.6 is 0 Å². The van der Waals surface area contributed by atoms with Crippen molar-refractivity contribution < 1.29 is 15.3 Å². The lowest BCUT2D eigenvalue weighted by Gasteiger charge is -2.63. The number of aliphatic hydroxyl groups is 3. The van der Waals surface area contributed by atoms with Gasteiger partial charge in [-0.1, -0.05) is 32.1 Å². The molecule has 6 rings (SSSR count). The zero-order valence-electron chi connectivity index (χ0n) is 18.5. The van der Waals surface area contributed by atoms with E-state index in [2.05, 4.69) is 35.5 Å². The van der Waals surface area contributed by atoms with E-state index < -0.39 is 11.5 Å². The maximum Gasteiger partial charge on any atom is 0.100 e. The van der Waals surface area contributed by atoms with Crippen LogP contribution in [0.25, 0.3) is 16.7 Å². The fraction of sp³-hybridized carbons (Fsp3) is 0.654. The molecule has 1 aromatic heterocycles. The Morgan fingerprint density at radius 1 is 1.03 bits per heavy atom. The summed E-state index contributed by atoms with van der Waals surface area (Å²) in [5.41, 5.74) is 2.87. The summed E-state index contributed by atoms with van der Waals surface area (Å²) < 4.78 is 2.16. The molecule has 3 fully saturated rings. The smallest absolute Gasteiger partial charge is 0.100 e. The molecule has 0 bridgehead atoms. The summed E-state index contributed by atoms with van der Waals surface area (Å²) in [5, 5.41) is 33.3. The molecule has 166 valence electrons. The summed E-state index contributed by atoms with van der Waals surface area (Å²) in [6.07, 6.45) is 8.13. The Morgan fingerprint density at radius 3 is 2.68 bits per heavy atom. The molecule has 1 aromatic carbocycles. The zero-order valence-corrected chi connectivity index (χ0v) is 18.5. The Kier molecular flexibility index (Phi) is 4.29. The highest BCUT2D eigenvalue weighted by Crippen LogP contribution is 2.67. The second-order valence-corrected chi connectivity index (χ2v) is 11.2. The fourth-order valence-corrected chi connectivity index (χ4v) is 8.24. The van der Waals surface area contributed by atoms with Gasteiger partial charge in [0.2, 0.25) is 0 Å². The van der Waals surface area contributed by atoms with Crippen LogP contribution in [0.1, 0.15) is 52.4 Å². The van der Waals surface area contributed by atoms with E-state index in [0.717, 1.165) is 55.3 Å². The number of fused-ring (bicyclic) bond motifs is 6. The number of hydrogen-bond acceptors (Lipinski definition) is 4. The van der Waals surface area contributed by atoms with Crippen LogP contribution in [0.5, 0.6) is 0 Å². The number of imidazole rings is 1. The van der Waals surface area contributed by atoms with E-state index in [1.807, 2.05) is 24.5 Å². The van der Waals surface area contributed by atoms with Crippen molar-refractivity contribution in [1.82, 2.24) is 9.55 Å². The molecule has 9 atom stereocenters. The lowest BCUT2D eigenvalue weighted by Crippen LogP contribution is -2.61. The van der Waals surface area contributed by atoms with Crippen molar-refractivity contribution >= 4 is 16.7 Å². The summed E-state index contributed by atoms with van der Waals surface area (Å²) in [6.45, 7) is 4.58. The highest BCUT2D eigenvalue weighted by molar-refractivity contribution is 5.80. The third-order valence-corrected chi connectivity index (χ3v) is 10.0. The lowest BCUT2D eigenvalue weighted by molar-refractivity contribution is -0.189. The summed E-state index contributed by atoms with van der Waals surface area (Å²) in [7, 11) is 0. The van der Waals surface area contributed by atoms with E-state index in [1.165, 1.54) is 0 Å². The van der Waals surface area contributed by atoms with Gasteiger partial charge in [0, 0.05) is 11.1 Å². The predicted octanol–water partition coefficient (Wildman–Crippen LogP) is 3.83. The molecular weight excluding hydrogens is 388 g/mol. The second-order valence-electron chi connectivity index (χ2n) is 11.2. The number of nitrogens with zero attached hydrogens (tertiary/aromatic N) is 2. The summed E-state index contributed by atoms with van der Waals surface area (Å²) in [6, 6.07) is 8.15. The first-order valence-corrected chi connectivity index (χ1v) is 12.0. The molecule has 3 N–H and O–H groups in total. The van der Waals surface area contributed by atoms with Gasteiger partial charge < -0.3 is 19.9 Å². The first-order valence-electron chi connectivity index (χ1n) is 12.0. The number of benzene rings is 1. The normalized spacial score (nSPS) is 46.9. The van der Waals surface area contributed by atoms with Crippen LogP contribution in [-0.2, 0) is 0 Å². The Labute approximate surface area is 183 Å². The van der Waals surface area contributed by atoms with Crippen molar-refractivity contribution in [2.45, 2.75) is 70.7 Å². The minimum atomic E-state index is -0.455. The molecule has 4 aliphatic carbocycles. The van der Waals surface area contributed by atoms with Gasteiger partial charge in [-0.3, -0.25) is 0 Å². The van der Waals surface area contributed by atoms with Crippen molar-refractivity contribution in [2.75, 3.05) is 0 Å². The van der Waals surface area contributed by atoms with Gasteiger partial charge >= 0.3 is 0 Å². The molecular formula is C26H34N2O3. The Morgan fingerprint density at radius 2 is 1.84 bits per heavy atom. The maximum atomic E-state index is 11.7. The Balaban J connectivity index is 1.40. The van der Waals surface area contributed by atoms with Gasteiger partial charge in [-0.05, 0) is 79.7 Å². The molecule has 31 heavy (non-hydrogen) atoms. The fourth-order valence-electron chi connectivity index (χ4n) is 8.24. The molecule has 5 heteroatoms. The topological polar surface area (TPSA) is 78.5 Å². The van der Waals surface area contributed by atoms with Crippen molar-refractivity contribution in [3.8, 4) is 0 Å². The number of aliphatic hydroxyl groups excluding tert-OH is 3. The van der Waals surface area contributed by atoms with Crippen LogP contribution in [0.4, 0.5) is 0 Å². The molecule has 0 amide bonds. The van der Waals surface area contributed by atoms with E-state index in [4.69, 9.17) is 0 Å². The number of aromatic nitrogens is 2. The third-order valence-electron chi connectivity index (χ3n) is 10.0. The lowest BCUT2D eigenvalue weighted by atomic mass is 9.43. The highest BCUT2D eigenvalue weighted by Gasteiger charge is 2.64. The molecule has 1 heterocycles. The second kappa shape index (κ2) is 6.66. The number of allylic oxidation sites excluding steroid dienone is 1. The van der Waals surface area contributed by atoms with Gasteiger partial charge in [0.25, 0.3) is 0 Å². The van der Waals surface area contributed by atoms with E-state index >= 15 is 0 Å². The van der Waals surface area contributed by atoms with Crippen LogP contribution in [0.15, 0.2) is 36.7 Å². The van der Waals surface area contributed by atoms with Gasteiger partial charge in [-0.25, -0.2) is 4.98 Å². The molecule has 5 unspecified atom stereocenters. The van der Waals surface area contributed by atoms with E-state index in [0.29, 0.717) is 11.8 Å². The van der Waals surface area contributed by atoms with E-state index in [1.54, 1.807) is 0 Å². The molecule has 3 saturated carbocycles. The minimum Gasteiger partial charge on any atom is -0.393 e. The van der Waals surface area contributed by atoms with Crippen LogP contribution in [0.2, 0.25) is 0 Å². The van der Waals surface area contributed by atoms with Crippen LogP contribution in [0.3, 0.4) is 0 Å². The highest BCUT2D eigenvalue weighted by atomic mass is 16.3.